The highest BCUT2D eigenvalue weighted by molar-refractivity contribution is 5.92. The van der Waals surface area contributed by atoms with Crippen LogP contribution in [0.15, 0.2) is 30.5 Å². The molecule has 0 atom stereocenters. The molecular formula is C16H16F3N3O4. The van der Waals surface area contributed by atoms with E-state index in [1.165, 1.54) is 22.9 Å². The molecule has 140 valence electrons. The lowest BCUT2D eigenvalue weighted by molar-refractivity contribution is -0.274. The Kier molecular flexibility index (Phi) is 5.86. The number of ether oxygens (including phenoxy) is 2. The summed E-state index contributed by atoms with van der Waals surface area (Å²) >= 11 is 0. The average Bonchev–Trinajstić information content (AvgIpc) is 2.88. The van der Waals surface area contributed by atoms with Crippen molar-refractivity contribution in [3.63, 3.8) is 0 Å². The van der Waals surface area contributed by atoms with Crippen LogP contribution >= 0.6 is 0 Å². The number of carbonyl (C=O) groups is 2. The van der Waals surface area contributed by atoms with Gasteiger partial charge in [-0.2, -0.15) is 0 Å². The molecule has 1 aromatic heterocycles. The smallest absolute Gasteiger partial charge is 0.460 e. The summed E-state index contributed by atoms with van der Waals surface area (Å²) in [6, 6.07) is 4.73. The third-order valence-corrected chi connectivity index (χ3v) is 3.10. The highest BCUT2D eigenvalue weighted by Crippen LogP contribution is 2.24. The second-order valence-electron chi connectivity index (χ2n) is 5.18. The molecule has 0 bridgehead atoms. The van der Waals surface area contributed by atoms with Crippen LogP contribution in [-0.4, -0.2) is 34.4 Å². The number of amides is 1. The first-order chi connectivity index (χ1) is 12.2. The van der Waals surface area contributed by atoms with Gasteiger partial charge in [0.05, 0.1) is 18.7 Å². The lowest BCUT2D eigenvalue weighted by Crippen LogP contribution is -2.17. The Morgan fingerprint density at radius 2 is 1.88 bits per heavy atom. The van der Waals surface area contributed by atoms with Crippen LogP contribution < -0.4 is 10.1 Å². The van der Waals surface area contributed by atoms with E-state index in [1.54, 1.807) is 14.0 Å². The van der Waals surface area contributed by atoms with Gasteiger partial charge in [0, 0.05) is 18.9 Å². The van der Waals surface area contributed by atoms with Crippen molar-refractivity contribution in [3.05, 3.63) is 42.0 Å². The summed E-state index contributed by atoms with van der Waals surface area (Å²) < 4.78 is 46.3. The number of aromatic nitrogens is 2. The number of anilines is 1. The van der Waals surface area contributed by atoms with Gasteiger partial charge >= 0.3 is 12.3 Å². The molecule has 1 aromatic carbocycles. The van der Waals surface area contributed by atoms with Crippen molar-refractivity contribution in [2.24, 2.45) is 7.05 Å². The van der Waals surface area contributed by atoms with Crippen LogP contribution in [0.4, 0.5) is 18.9 Å². The number of nitrogens with zero attached hydrogens (tertiary/aromatic N) is 2. The van der Waals surface area contributed by atoms with E-state index < -0.39 is 18.2 Å². The maximum absolute atomic E-state index is 12.1. The molecule has 7 nitrogen and oxygen atoms in total. The molecule has 1 heterocycles. The average molecular weight is 371 g/mol. The van der Waals surface area contributed by atoms with Crippen LogP contribution in [0.5, 0.6) is 5.75 Å². The largest absolute Gasteiger partial charge is 0.573 e. The molecule has 26 heavy (non-hydrogen) atoms. The maximum Gasteiger partial charge on any atom is 0.573 e. The molecule has 10 heteroatoms. The number of nitrogens with one attached hydrogen (secondary N) is 1. The third-order valence-electron chi connectivity index (χ3n) is 3.10. The van der Waals surface area contributed by atoms with Gasteiger partial charge in [0.25, 0.3) is 0 Å². The predicted molar refractivity (Wildman–Crippen MR) is 84.6 cm³/mol. The molecule has 1 N–H and O–H groups in total. The first-order valence-electron chi connectivity index (χ1n) is 7.53. The molecule has 0 aliphatic rings. The Balaban J connectivity index is 1.96. The molecule has 0 radical (unpaired) electrons. The first-order valence-corrected chi connectivity index (χ1v) is 7.53. The van der Waals surface area contributed by atoms with Gasteiger partial charge in [-0.25, -0.2) is 9.78 Å². The van der Waals surface area contributed by atoms with Crippen molar-refractivity contribution in [2.45, 2.75) is 19.7 Å². The molecule has 0 fully saturated rings. The van der Waals surface area contributed by atoms with Crippen LogP contribution in [0.2, 0.25) is 0 Å². The minimum absolute atomic E-state index is 0.0725. The number of halogens is 3. The number of aryl methyl sites for hydroxylation is 1. The van der Waals surface area contributed by atoms with Gasteiger partial charge in [-0.05, 0) is 31.2 Å². The van der Waals surface area contributed by atoms with Crippen LogP contribution in [-0.2, 0) is 23.0 Å². The van der Waals surface area contributed by atoms with E-state index in [0.717, 1.165) is 12.1 Å². The monoisotopic (exact) mass is 371 g/mol. The first kappa shape index (κ1) is 19.3. The third kappa shape index (κ3) is 5.50. The molecule has 0 unspecified atom stereocenters. The lowest BCUT2D eigenvalue weighted by Gasteiger charge is -2.09. The van der Waals surface area contributed by atoms with E-state index >= 15 is 0 Å². The molecular weight excluding hydrogens is 355 g/mol. The number of hydrogen-bond donors (Lipinski definition) is 1. The minimum Gasteiger partial charge on any atom is -0.460 e. The Hall–Kier alpha value is -3.04. The molecule has 0 saturated carbocycles. The normalized spacial score (nSPS) is 11.1. The summed E-state index contributed by atoms with van der Waals surface area (Å²) in [5.41, 5.74) is 0.649. The number of hydrogen-bond acceptors (Lipinski definition) is 5. The van der Waals surface area contributed by atoms with Crippen molar-refractivity contribution >= 4 is 17.6 Å². The topological polar surface area (TPSA) is 82.4 Å². The standard InChI is InChI=1S/C16H16F3N3O4/c1-3-25-15(24)14-21-11(9-22(14)2)8-13(23)20-10-4-6-12(7-5-10)26-16(17,18)19/h4-7,9H,3,8H2,1-2H3,(H,20,23). The second-order valence-corrected chi connectivity index (χ2v) is 5.18. The number of rotatable bonds is 6. The van der Waals surface area contributed by atoms with E-state index in [4.69, 9.17) is 4.74 Å². The zero-order valence-corrected chi connectivity index (χ0v) is 14.0. The van der Waals surface area contributed by atoms with Crippen LogP contribution in [0.25, 0.3) is 0 Å². The Labute approximate surface area is 146 Å². The quantitative estimate of drug-likeness (QED) is 0.790. The fourth-order valence-electron chi connectivity index (χ4n) is 2.11. The van der Waals surface area contributed by atoms with Crippen molar-refractivity contribution in [3.8, 4) is 5.75 Å². The summed E-state index contributed by atoms with van der Waals surface area (Å²) in [5.74, 6) is -1.35. The molecule has 0 aliphatic carbocycles. The van der Waals surface area contributed by atoms with E-state index in [0.29, 0.717) is 11.4 Å². The van der Waals surface area contributed by atoms with Crippen LogP contribution in [0.1, 0.15) is 23.2 Å². The lowest BCUT2D eigenvalue weighted by atomic mass is 10.2. The van der Waals surface area contributed by atoms with E-state index in [2.05, 4.69) is 15.0 Å². The van der Waals surface area contributed by atoms with Crippen LogP contribution in [0.3, 0.4) is 0 Å². The fraction of sp³-hybridized carbons (Fsp3) is 0.312. The Morgan fingerprint density at radius 3 is 2.46 bits per heavy atom. The van der Waals surface area contributed by atoms with Crippen molar-refractivity contribution in [2.75, 3.05) is 11.9 Å². The van der Waals surface area contributed by atoms with Gasteiger partial charge in [0.1, 0.15) is 5.75 Å². The molecule has 0 saturated heterocycles. The van der Waals surface area contributed by atoms with E-state index in [1.807, 2.05) is 0 Å². The molecule has 0 spiro atoms. The minimum atomic E-state index is -4.78. The highest BCUT2D eigenvalue weighted by atomic mass is 19.4. The second kappa shape index (κ2) is 7.89. The van der Waals surface area contributed by atoms with Crippen molar-refractivity contribution < 1.29 is 32.2 Å². The summed E-state index contributed by atoms with van der Waals surface area (Å²) in [6.07, 6.45) is -3.37. The SMILES string of the molecule is CCOC(=O)c1nc(CC(=O)Nc2ccc(OC(F)(F)F)cc2)cn1C. The number of esters is 1. The number of carbonyl (C=O) groups excluding carboxylic acids is 2. The van der Waals surface area contributed by atoms with E-state index in [-0.39, 0.29) is 24.6 Å². The zero-order valence-electron chi connectivity index (χ0n) is 14.0. The fourth-order valence-corrected chi connectivity index (χ4v) is 2.11. The number of alkyl halides is 3. The summed E-state index contributed by atoms with van der Waals surface area (Å²) in [5, 5.41) is 2.52. The van der Waals surface area contributed by atoms with Crippen molar-refractivity contribution in [1.29, 1.82) is 0 Å². The maximum atomic E-state index is 12.1. The summed E-state index contributed by atoms with van der Waals surface area (Å²) in [6.45, 7) is 1.87. The van der Waals surface area contributed by atoms with Gasteiger partial charge in [-0.15, -0.1) is 13.2 Å². The zero-order chi connectivity index (χ0) is 19.3. The van der Waals surface area contributed by atoms with Gasteiger partial charge in [-0.1, -0.05) is 0 Å². The van der Waals surface area contributed by atoms with Gasteiger partial charge in [-0.3, -0.25) is 4.79 Å². The van der Waals surface area contributed by atoms with Gasteiger partial charge in [0.2, 0.25) is 11.7 Å². The Morgan fingerprint density at radius 1 is 1.23 bits per heavy atom. The molecule has 1 amide bonds. The molecule has 0 aliphatic heterocycles. The molecule has 2 aromatic rings. The van der Waals surface area contributed by atoms with Gasteiger partial charge < -0.3 is 19.4 Å². The van der Waals surface area contributed by atoms with E-state index in [9.17, 15) is 22.8 Å². The van der Waals surface area contributed by atoms with Gasteiger partial charge in [0.15, 0.2) is 0 Å². The number of benzene rings is 1. The molecule has 2 rings (SSSR count). The summed E-state index contributed by atoms with van der Waals surface area (Å²) in [7, 11) is 1.60. The highest BCUT2D eigenvalue weighted by Gasteiger charge is 2.31. The number of imidazole rings is 1. The van der Waals surface area contributed by atoms with Crippen molar-refractivity contribution in [1.82, 2.24) is 9.55 Å². The van der Waals surface area contributed by atoms with Crippen LogP contribution in [0, 0.1) is 0 Å². The Bertz CT molecular complexity index is 785. The summed E-state index contributed by atoms with van der Waals surface area (Å²) in [4.78, 5) is 27.8. The predicted octanol–water partition coefficient (Wildman–Crippen LogP) is 2.68.